The number of nitriles is 1. The van der Waals surface area contributed by atoms with Crippen molar-refractivity contribution in [2.75, 3.05) is 0 Å². The van der Waals surface area contributed by atoms with Crippen LogP contribution in [0.1, 0.15) is 19.5 Å². The SMILES string of the molecule is CC(C)C1=CC(Oc2c(Cl)cc(-n3nc(C#N)c(=O)[nH]c3=O)cc2Cl)=NC2ON=NC12. The Hall–Kier alpha value is -3.49. The zero-order valence-electron chi connectivity index (χ0n) is 16.0. The van der Waals surface area contributed by atoms with Gasteiger partial charge < -0.3 is 9.57 Å². The number of aromatic amines is 1. The van der Waals surface area contributed by atoms with Crippen molar-refractivity contribution in [2.45, 2.75) is 26.1 Å². The Balaban J connectivity index is 1.71. The van der Waals surface area contributed by atoms with Gasteiger partial charge in [-0.05, 0) is 23.6 Å². The smallest absolute Gasteiger partial charge is 0.349 e. The fourth-order valence-corrected chi connectivity index (χ4v) is 3.59. The van der Waals surface area contributed by atoms with E-state index in [4.69, 9.17) is 38.0 Å². The Labute approximate surface area is 184 Å². The number of aromatic nitrogens is 3. The van der Waals surface area contributed by atoms with Crippen molar-refractivity contribution in [3.05, 3.63) is 60.4 Å². The lowest BCUT2D eigenvalue weighted by Crippen LogP contribution is -2.33. The number of rotatable bonds is 3. The zero-order valence-corrected chi connectivity index (χ0v) is 17.5. The molecule has 2 aromatic rings. The van der Waals surface area contributed by atoms with Crippen molar-refractivity contribution in [3.8, 4) is 17.5 Å². The predicted molar refractivity (Wildman–Crippen MR) is 110 cm³/mol. The summed E-state index contributed by atoms with van der Waals surface area (Å²) in [5.41, 5.74) is -1.19. The summed E-state index contributed by atoms with van der Waals surface area (Å²) < 4.78 is 6.62. The predicted octanol–water partition coefficient (Wildman–Crippen LogP) is 2.56. The van der Waals surface area contributed by atoms with E-state index in [0.29, 0.717) is 0 Å². The van der Waals surface area contributed by atoms with Crippen molar-refractivity contribution in [3.63, 3.8) is 0 Å². The number of aliphatic imine (C=N–C) groups is 1. The van der Waals surface area contributed by atoms with Crippen LogP contribution in [0.5, 0.6) is 5.75 Å². The number of hydrogen-bond donors (Lipinski definition) is 1. The fourth-order valence-electron chi connectivity index (χ4n) is 3.04. The molecule has 1 N–H and O–H groups in total. The first-order valence-electron chi connectivity index (χ1n) is 8.94. The number of halogens is 2. The Kier molecular flexibility index (Phi) is 5.34. The number of ether oxygens (including phenoxy) is 1. The number of H-pyrrole nitrogens is 1. The maximum atomic E-state index is 12.1. The molecule has 158 valence electrons. The first-order valence-corrected chi connectivity index (χ1v) is 9.70. The van der Waals surface area contributed by atoms with E-state index in [2.05, 4.69) is 20.5 Å². The molecular formula is C18H13Cl2N7O4. The summed E-state index contributed by atoms with van der Waals surface area (Å²) in [6.45, 7) is 4.00. The molecule has 13 heteroatoms. The fraction of sp³-hybridized carbons (Fsp3) is 0.278. The van der Waals surface area contributed by atoms with Crippen LogP contribution in [-0.2, 0) is 4.84 Å². The second-order valence-electron chi connectivity index (χ2n) is 6.88. The third kappa shape index (κ3) is 3.83. The average molecular weight is 462 g/mol. The summed E-state index contributed by atoms with van der Waals surface area (Å²) >= 11 is 12.7. The van der Waals surface area contributed by atoms with Gasteiger partial charge in [0, 0.05) is 11.4 Å². The molecule has 11 nitrogen and oxygen atoms in total. The number of dihydropyridines is 1. The van der Waals surface area contributed by atoms with E-state index >= 15 is 0 Å². The molecule has 4 rings (SSSR count). The van der Waals surface area contributed by atoms with E-state index in [0.717, 1.165) is 10.3 Å². The molecule has 0 spiro atoms. The molecule has 2 aliphatic rings. The molecule has 0 fully saturated rings. The quantitative estimate of drug-likeness (QED) is 0.742. The van der Waals surface area contributed by atoms with Gasteiger partial charge in [0.15, 0.2) is 11.8 Å². The van der Waals surface area contributed by atoms with E-state index in [1.54, 1.807) is 12.1 Å². The van der Waals surface area contributed by atoms with Crippen molar-refractivity contribution < 1.29 is 9.57 Å². The molecule has 3 heterocycles. The van der Waals surface area contributed by atoms with E-state index in [9.17, 15) is 9.59 Å². The van der Waals surface area contributed by atoms with Gasteiger partial charge in [-0.2, -0.15) is 9.94 Å². The van der Waals surface area contributed by atoms with E-state index in [1.165, 1.54) is 12.1 Å². The van der Waals surface area contributed by atoms with Crippen LogP contribution in [0.2, 0.25) is 10.0 Å². The number of benzene rings is 1. The molecule has 0 radical (unpaired) electrons. The highest BCUT2D eigenvalue weighted by atomic mass is 35.5. The summed E-state index contributed by atoms with van der Waals surface area (Å²) in [6.07, 6.45) is 1.09. The van der Waals surface area contributed by atoms with Gasteiger partial charge in [-0.1, -0.05) is 37.0 Å². The summed E-state index contributed by atoms with van der Waals surface area (Å²) in [4.78, 5) is 35.1. The number of nitrogens with zero attached hydrogens (tertiary/aromatic N) is 6. The van der Waals surface area contributed by atoms with Gasteiger partial charge in [-0.3, -0.25) is 9.78 Å². The molecule has 2 unspecified atom stereocenters. The van der Waals surface area contributed by atoms with Gasteiger partial charge in [0.05, 0.1) is 15.7 Å². The van der Waals surface area contributed by atoms with Crippen LogP contribution in [0.3, 0.4) is 0 Å². The van der Waals surface area contributed by atoms with Gasteiger partial charge in [-0.25, -0.2) is 9.79 Å². The monoisotopic (exact) mass is 461 g/mol. The standard InChI is InChI=1S/C18H13Cl2N7O4/c1-7(2)9-5-13(22-17-14(9)24-26-31-17)30-15-10(19)3-8(4-11(15)20)27-18(29)23-16(28)12(6-21)25-27/h3-5,7,14,17H,1-2H3,(H,23,28,29). The minimum absolute atomic E-state index is 0.0481. The zero-order chi connectivity index (χ0) is 22.3. The molecule has 31 heavy (non-hydrogen) atoms. The lowest BCUT2D eigenvalue weighted by Gasteiger charge is -2.23. The number of fused-ring (bicyclic) bond motifs is 1. The van der Waals surface area contributed by atoms with Crippen LogP contribution >= 0.6 is 23.2 Å². The molecule has 1 aromatic carbocycles. The molecule has 0 amide bonds. The lowest BCUT2D eigenvalue weighted by atomic mass is 9.93. The van der Waals surface area contributed by atoms with E-state index in [-0.39, 0.29) is 39.3 Å². The van der Waals surface area contributed by atoms with Crippen molar-refractivity contribution in [1.29, 1.82) is 5.26 Å². The largest absolute Gasteiger partial charge is 0.436 e. The summed E-state index contributed by atoms with van der Waals surface area (Å²) in [7, 11) is 0. The van der Waals surface area contributed by atoms with Gasteiger partial charge >= 0.3 is 5.69 Å². The third-order valence-corrected chi connectivity index (χ3v) is 5.08. The molecule has 1 aromatic heterocycles. The Morgan fingerprint density at radius 1 is 1.29 bits per heavy atom. The molecular weight excluding hydrogens is 449 g/mol. The summed E-state index contributed by atoms with van der Waals surface area (Å²) in [6, 6.07) is 4.00. The average Bonchev–Trinajstić information content (AvgIpc) is 3.18. The van der Waals surface area contributed by atoms with Crippen LogP contribution in [0, 0.1) is 17.2 Å². The van der Waals surface area contributed by atoms with Crippen molar-refractivity contribution in [2.24, 2.45) is 21.3 Å². The molecule has 0 saturated heterocycles. The van der Waals surface area contributed by atoms with Crippen LogP contribution in [0.15, 0.2) is 48.8 Å². The van der Waals surface area contributed by atoms with E-state index < -0.39 is 23.2 Å². The van der Waals surface area contributed by atoms with Crippen molar-refractivity contribution >= 4 is 29.1 Å². The molecule has 0 bridgehead atoms. The highest BCUT2D eigenvalue weighted by molar-refractivity contribution is 6.37. The van der Waals surface area contributed by atoms with Gasteiger partial charge in [0.25, 0.3) is 5.56 Å². The second-order valence-corrected chi connectivity index (χ2v) is 7.69. The van der Waals surface area contributed by atoms with Crippen LogP contribution in [0.4, 0.5) is 0 Å². The van der Waals surface area contributed by atoms with Gasteiger partial charge in [-0.15, -0.1) is 10.2 Å². The second kappa shape index (κ2) is 7.98. The lowest BCUT2D eigenvalue weighted by molar-refractivity contribution is 0.0844. The number of hydrogen-bond acceptors (Lipinski definition) is 9. The maximum Gasteiger partial charge on any atom is 0.349 e. The topological polar surface area (TPSA) is 147 Å². The van der Waals surface area contributed by atoms with E-state index in [1.807, 2.05) is 18.8 Å². The molecule has 2 atom stereocenters. The molecule has 0 aliphatic carbocycles. The minimum atomic E-state index is -0.894. The summed E-state index contributed by atoms with van der Waals surface area (Å²) in [5, 5.41) is 20.4. The van der Waals surface area contributed by atoms with Gasteiger partial charge in [0.2, 0.25) is 17.8 Å². The minimum Gasteiger partial charge on any atom is -0.436 e. The van der Waals surface area contributed by atoms with Crippen LogP contribution in [0.25, 0.3) is 5.69 Å². The number of nitrogens with one attached hydrogen (secondary N) is 1. The highest BCUT2D eigenvalue weighted by Crippen LogP contribution is 2.37. The Morgan fingerprint density at radius 3 is 2.65 bits per heavy atom. The third-order valence-electron chi connectivity index (χ3n) is 4.52. The first-order chi connectivity index (χ1) is 14.8. The van der Waals surface area contributed by atoms with Gasteiger partial charge in [0.1, 0.15) is 6.07 Å². The van der Waals surface area contributed by atoms with Crippen LogP contribution < -0.4 is 16.0 Å². The normalized spacial score (nSPS) is 19.4. The first kappa shape index (κ1) is 20.8. The highest BCUT2D eigenvalue weighted by Gasteiger charge is 2.36. The summed E-state index contributed by atoms with van der Waals surface area (Å²) in [5.74, 6) is 0.441. The molecule has 0 saturated carbocycles. The van der Waals surface area contributed by atoms with Crippen LogP contribution in [-0.4, -0.2) is 32.9 Å². The Bertz CT molecular complexity index is 1300. The maximum absolute atomic E-state index is 12.1. The Morgan fingerprint density at radius 2 is 2.00 bits per heavy atom. The molecule has 2 aliphatic heterocycles. The van der Waals surface area contributed by atoms with Crippen molar-refractivity contribution in [1.82, 2.24) is 14.8 Å².